The van der Waals surface area contributed by atoms with Gasteiger partial charge in [-0.25, -0.2) is 15.0 Å². The first-order valence-corrected chi connectivity index (χ1v) is 18.1. The summed E-state index contributed by atoms with van der Waals surface area (Å²) in [6.45, 7) is 0. The van der Waals surface area contributed by atoms with Crippen LogP contribution in [0.2, 0.25) is 0 Å². The van der Waals surface area contributed by atoms with Crippen LogP contribution in [0, 0.1) is 0 Å². The fourth-order valence-corrected chi connectivity index (χ4v) is 7.71. The summed E-state index contributed by atoms with van der Waals surface area (Å²) in [7, 11) is 0. The molecule has 4 heteroatoms. The molecule has 0 aliphatic carbocycles. The minimum absolute atomic E-state index is 0.139. The fourth-order valence-electron chi connectivity index (χ4n) is 7.71. The van der Waals surface area contributed by atoms with Gasteiger partial charge >= 0.3 is 0 Å². The zero-order valence-electron chi connectivity index (χ0n) is 34.3. The van der Waals surface area contributed by atoms with E-state index >= 15 is 0 Å². The smallest absolute Gasteiger partial charge is 0.164 e. The van der Waals surface area contributed by atoms with Crippen molar-refractivity contribution in [2.75, 3.05) is 0 Å². The van der Waals surface area contributed by atoms with Crippen LogP contribution in [-0.2, 0) is 0 Å². The topological polar surface area (TPSA) is 51.8 Å². The van der Waals surface area contributed by atoms with Crippen LogP contribution >= 0.6 is 0 Å². The Bertz CT molecular complexity index is 3490. The molecule has 2 aromatic heterocycles. The molecule has 0 radical (unpaired) electrons. The van der Waals surface area contributed by atoms with Gasteiger partial charge in [0.25, 0.3) is 0 Å². The SMILES string of the molecule is [2H]c1c([2H])c([2H])c(-c2ccc(-c3nc(-c4ccccc4)nc(-c4ccc5c(c4)oc4ccc(-c6ccc7c8ccccc8c8ccccc8c7c6)cc45)n3)cc2)c([2H])c1[2H]. The Labute approximate surface area is 324 Å². The standard InChI is InChI=1S/C51H31N3O/c1-3-11-32(12-4-1)33-19-21-35(22-20-33)50-52-49(34-13-5-2-6-14-34)53-51(54-50)38-24-27-44-46-30-37(25-28-47(46)55-48(44)31-38)36-23-26-43-41-17-8-7-15-39(41)40-16-9-10-18-42(40)45(43)29-36/h1-31H/i1D,3D,4D,11D,12D. The summed E-state index contributed by atoms with van der Waals surface area (Å²) in [5, 5.41) is 9.43. The lowest BCUT2D eigenvalue weighted by Crippen LogP contribution is -2.00. The zero-order chi connectivity index (χ0) is 40.6. The highest BCUT2D eigenvalue weighted by Gasteiger charge is 2.16. The van der Waals surface area contributed by atoms with Crippen LogP contribution in [-0.4, -0.2) is 15.0 Å². The highest BCUT2D eigenvalue weighted by molar-refractivity contribution is 6.25. The third kappa shape index (κ3) is 5.34. The molecule has 0 unspecified atom stereocenters. The Kier molecular flexibility index (Phi) is 6.04. The molecule has 11 aromatic rings. The van der Waals surface area contributed by atoms with Crippen molar-refractivity contribution in [2.45, 2.75) is 0 Å². The van der Waals surface area contributed by atoms with Crippen LogP contribution in [0.3, 0.4) is 0 Å². The van der Waals surface area contributed by atoms with E-state index < -0.39 is 6.04 Å². The Morgan fingerprint density at radius 3 is 1.45 bits per heavy atom. The average molecular weight is 707 g/mol. The van der Waals surface area contributed by atoms with Crippen molar-refractivity contribution in [3.8, 4) is 56.4 Å². The number of benzene rings is 9. The van der Waals surface area contributed by atoms with Crippen molar-refractivity contribution in [1.29, 1.82) is 0 Å². The third-order valence-electron chi connectivity index (χ3n) is 10.4. The van der Waals surface area contributed by atoms with Gasteiger partial charge in [0.15, 0.2) is 17.5 Å². The number of hydrogen-bond acceptors (Lipinski definition) is 4. The van der Waals surface area contributed by atoms with Gasteiger partial charge in [-0.1, -0.05) is 158 Å². The van der Waals surface area contributed by atoms with E-state index in [1.807, 2.05) is 48.5 Å². The molecule has 55 heavy (non-hydrogen) atoms. The first kappa shape index (κ1) is 26.4. The van der Waals surface area contributed by atoms with Crippen LogP contribution in [0.4, 0.5) is 0 Å². The van der Waals surface area contributed by atoms with Crippen LogP contribution in [0.5, 0.6) is 0 Å². The molecule has 0 aliphatic rings. The minimum Gasteiger partial charge on any atom is -0.456 e. The quantitative estimate of drug-likeness (QED) is 0.167. The fraction of sp³-hybridized carbons (Fsp3) is 0. The number of furan rings is 1. The number of rotatable bonds is 5. The molecular formula is C51H31N3O. The molecule has 0 spiro atoms. The second-order valence-corrected chi connectivity index (χ2v) is 13.6. The summed E-state index contributed by atoms with van der Waals surface area (Å²) in [5.41, 5.74) is 6.61. The van der Waals surface area contributed by atoms with E-state index in [-0.39, 0.29) is 29.7 Å². The van der Waals surface area contributed by atoms with Gasteiger partial charge in [0.2, 0.25) is 0 Å². The van der Waals surface area contributed by atoms with Crippen LogP contribution < -0.4 is 0 Å². The molecule has 0 fully saturated rings. The molecule has 0 saturated heterocycles. The van der Waals surface area contributed by atoms with Gasteiger partial charge in [-0.05, 0) is 84.9 Å². The van der Waals surface area contributed by atoms with E-state index in [9.17, 15) is 0 Å². The van der Waals surface area contributed by atoms with Crippen molar-refractivity contribution in [1.82, 2.24) is 15.0 Å². The number of hydrogen-bond donors (Lipinski definition) is 0. The molecule has 256 valence electrons. The summed E-state index contributed by atoms with van der Waals surface area (Å²) >= 11 is 0. The Hall–Kier alpha value is -7.43. The van der Waals surface area contributed by atoms with E-state index in [0.29, 0.717) is 34.2 Å². The van der Waals surface area contributed by atoms with E-state index in [1.54, 1.807) is 24.3 Å². The summed E-state index contributed by atoms with van der Waals surface area (Å²) in [4.78, 5) is 14.7. The second kappa shape index (κ2) is 12.6. The Balaban J connectivity index is 0.992. The van der Waals surface area contributed by atoms with Crippen LogP contribution in [0.15, 0.2) is 192 Å². The second-order valence-electron chi connectivity index (χ2n) is 13.6. The molecule has 0 aliphatic heterocycles. The Morgan fingerprint density at radius 2 is 0.782 bits per heavy atom. The highest BCUT2D eigenvalue weighted by atomic mass is 16.3. The number of nitrogens with zero attached hydrogens (tertiary/aromatic N) is 3. The van der Waals surface area contributed by atoms with Crippen LogP contribution in [0.25, 0.3) is 111 Å². The van der Waals surface area contributed by atoms with Crippen molar-refractivity contribution < 1.29 is 11.3 Å². The molecule has 2 heterocycles. The van der Waals surface area contributed by atoms with Gasteiger partial charge in [-0.15, -0.1) is 0 Å². The summed E-state index contributed by atoms with van der Waals surface area (Å²) in [5.74, 6) is 1.39. The van der Waals surface area contributed by atoms with E-state index in [2.05, 4.69) is 84.9 Å². The van der Waals surface area contributed by atoms with Gasteiger partial charge in [-0.3, -0.25) is 0 Å². The van der Waals surface area contributed by atoms with Crippen molar-refractivity contribution in [3.05, 3.63) is 188 Å². The maximum absolute atomic E-state index is 8.44. The van der Waals surface area contributed by atoms with Crippen molar-refractivity contribution in [2.24, 2.45) is 0 Å². The molecule has 11 rings (SSSR count). The van der Waals surface area contributed by atoms with Crippen LogP contribution in [0.1, 0.15) is 6.85 Å². The highest BCUT2D eigenvalue weighted by Crippen LogP contribution is 2.39. The van der Waals surface area contributed by atoms with Crippen molar-refractivity contribution >= 4 is 54.3 Å². The maximum Gasteiger partial charge on any atom is 0.164 e. The first-order chi connectivity index (χ1) is 29.3. The molecule has 4 nitrogen and oxygen atoms in total. The normalized spacial score (nSPS) is 12.9. The lowest BCUT2D eigenvalue weighted by molar-refractivity contribution is 0.669. The third-order valence-corrected chi connectivity index (χ3v) is 10.4. The molecule has 0 saturated carbocycles. The predicted octanol–water partition coefficient (Wildman–Crippen LogP) is 13.6. The van der Waals surface area contributed by atoms with Gasteiger partial charge in [0, 0.05) is 27.5 Å². The molecule has 0 bridgehead atoms. The van der Waals surface area contributed by atoms with Crippen molar-refractivity contribution in [3.63, 3.8) is 0 Å². The van der Waals surface area contributed by atoms with Gasteiger partial charge < -0.3 is 4.42 Å². The number of fused-ring (bicyclic) bond motifs is 9. The van der Waals surface area contributed by atoms with Gasteiger partial charge in [0.05, 0.1) is 6.85 Å². The molecule has 0 amide bonds. The van der Waals surface area contributed by atoms with E-state index in [0.717, 1.165) is 38.6 Å². The Morgan fingerprint density at radius 1 is 0.309 bits per heavy atom. The molecular weight excluding hydrogens is 671 g/mol. The average Bonchev–Trinajstić information content (AvgIpc) is 3.68. The minimum atomic E-state index is -0.425. The summed E-state index contributed by atoms with van der Waals surface area (Å²) < 4.78 is 47.6. The molecule has 0 atom stereocenters. The van der Waals surface area contributed by atoms with E-state index in [1.165, 1.54) is 32.3 Å². The summed E-state index contributed by atoms with van der Waals surface area (Å²) in [6, 6.07) is 51.4. The molecule has 9 aromatic carbocycles. The number of aromatic nitrogens is 3. The lowest BCUT2D eigenvalue weighted by atomic mass is 9.92. The first-order valence-electron chi connectivity index (χ1n) is 20.6. The van der Waals surface area contributed by atoms with Gasteiger partial charge in [0.1, 0.15) is 11.2 Å². The maximum atomic E-state index is 8.44. The summed E-state index contributed by atoms with van der Waals surface area (Å²) in [6.07, 6.45) is 0. The lowest BCUT2D eigenvalue weighted by Gasteiger charge is -2.12. The monoisotopic (exact) mass is 706 g/mol. The largest absolute Gasteiger partial charge is 0.456 e. The predicted molar refractivity (Wildman–Crippen MR) is 227 cm³/mol. The molecule has 0 N–H and O–H groups in total. The van der Waals surface area contributed by atoms with Gasteiger partial charge in [-0.2, -0.15) is 0 Å². The zero-order valence-corrected chi connectivity index (χ0v) is 29.3. The van der Waals surface area contributed by atoms with E-state index in [4.69, 9.17) is 26.2 Å².